The lowest BCUT2D eigenvalue weighted by Gasteiger charge is -2.27. The summed E-state index contributed by atoms with van der Waals surface area (Å²) in [5.41, 5.74) is 1.39. The molecule has 1 amide bonds. The summed E-state index contributed by atoms with van der Waals surface area (Å²) in [4.78, 5) is 14.6. The van der Waals surface area contributed by atoms with E-state index in [0.717, 1.165) is 38.8 Å². The summed E-state index contributed by atoms with van der Waals surface area (Å²) < 4.78 is 0. The number of nitrogens with one attached hydrogen (secondary N) is 1. The average Bonchev–Trinajstić information content (AvgIpc) is 3.11. The second-order valence-electron chi connectivity index (χ2n) is 6.16. The maximum absolute atomic E-state index is 12.5. The molecule has 0 aromatic heterocycles. The molecule has 1 aromatic carbocycles. The lowest BCUT2D eigenvalue weighted by molar-refractivity contribution is -0.133. The second kappa shape index (κ2) is 5.96. The molecule has 2 saturated heterocycles. The van der Waals surface area contributed by atoms with Crippen LogP contribution in [0.3, 0.4) is 0 Å². The van der Waals surface area contributed by atoms with Gasteiger partial charge in [-0.25, -0.2) is 0 Å². The van der Waals surface area contributed by atoms with E-state index in [1.807, 2.05) is 0 Å². The highest BCUT2D eigenvalue weighted by molar-refractivity contribution is 5.82. The quantitative estimate of drug-likeness (QED) is 0.915. The van der Waals surface area contributed by atoms with Gasteiger partial charge in [-0.1, -0.05) is 30.3 Å². The van der Waals surface area contributed by atoms with Crippen molar-refractivity contribution in [1.82, 2.24) is 10.2 Å². The number of hydrogen-bond acceptors (Lipinski definition) is 2. The fourth-order valence-corrected chi connectivity index (χ4v) is 3.60. The fraction of sp³-hybridized carbons (Fsp3) is 0.588. The van der Waals surface area contributed by atoms with Crippen molar-refractivity contribution >= 4 is 5.91 Å². The van der Waals surface area contributed by atoms with Gasteiger partial charge in [-0.15, -0.1) is 0 Å². The van der Waals surface area contributed by atoms with Crippen molar-refractivity contribution in [3.63, 3.8) is 0 Å². The zero-order valence-corrected chi connectivity index (χ0v) is 12.2. The van der Waals surface area contributed by atoms with Crippen LogP contribution in [0.2, 0.25) is 0 Å². The Morgan fingerprint density at radius 2 is 2.10 bits per heavy atom. The van der Waals surface area contributed by atoms with Crippen LogP contribution in [0.4, 0.5) is 0 Å². The van der Waals surface area contributed by atoms with Crippen LogP contribution < -0.4 is 5.32 Å². The van der Waals surface area contributed by atoms with Crippen LogP contribution in [0.15, 0.2) is 30.3 Å². The van der Waals surface area contributed by atoms with Gasteiger partial charge in [-0.3, -0.25) is 4.79 Å². The van der Waals surface area contributed by atoms with Crippen molar-refractivity contribution in [3.8, 4) is 0 Å². The Kier molecular flexibility index (Phi) is 4.06. The normalized spacial score (nSPS) is 29.9. The summed E-state index contributed by atoms with van der Waals surface area (Å²) >= 11 is 0. The van der Waals surface area contributed by atoms with E-state index >= 15 is 0 Å². The molecule has 3 atom stereocenters. The lowest BCUT2D eigenvalue weighted by atomic mass is 9.93. The SMILES string of the molecule is C[C@H]1[C@@H](Cc2ccccc2)CCN1C(=O)[C@@H]1CCCN1. The van der Waals surface area contributed by atoms with Crippen LogP contribution in [0.1, 0.15) is 31.7 Å². The third kappa shape index (κ3) is 2.73. The Morgan fingerprint density at radius 1 is 1.30 bits per heavy atom. The number of benzene rings is 1. The van der Waals surface area contributed by atoms with Gasteiger partial charge in [0.1, 0.15) is 0 Å². The first-order chi connectivity index (χ1) is 9.75. The molecule has 0 spiro atoms. The van der Waals surface area contributed by atoms with Crippen molar-refractivity contribution in [2.75, 3.05) is 13.1 Å². The number of rotatable bonds is 3. The molecular weight excluding hydrogens is 248 g/mol. The molecular formula is C17H24N2O. The van der Waals surface area contributed by atoms with Gasteiger partial charge in [0.25, 0.3) is 0 Å². The van der Waals surface area contributed by atoms with Crippen LogP contribution in [0.5, 0.6) is 0 Å². The molecule has 0 aliphatic carbocycles. The molecule has 0 unspecified atom stereocenters. The van der Waals surface area contributed by atoms with E-state index in [4.69, 9.17) is 0 Å². The summed E-state index contributed by atoms with van der Waals surface area (Å²) in [5, 5.41) is 3.33. The van der Waals surface area contributed by atoms with Gasteiger partial charge in [0.05, 0.1) is 6.04 Å². The highest BCUT2D eigenvalue weighted by Crippen LogP contribution is 2.28. The Morgan fingerprint density at radius 3 is 2.80 bits per heavy atom. The van der Waals surface area contributed by atoms with Crippen LogP contribution in [0, 0.1) is 5.92 Å². The molecule has 0 bridgehead atoms. The number of carbonyl (C=O) groups excluding carboxylic acids is 1. The first-order valence-corrected chi connectivity index (χ1v) is 7.83. The lowest BCUT2D eigenvalue weighted by Crippen LogP contribution is -2.46. The molecule has 0 saturated carbocycles. The highest BCUT2D eigenvalue weighted by Gasteiger charge is 2.37. The fourth-order valence-electron chi connectivity index (χ4n) is 3.60. The maximum atomic E-state index is 12.5. The van der Waals surface area contributed by atoms with Gasteiger partial charge < -0.3 is 10.2 Å². The predicted octanol–water partition coefficient (Wildman–Crippen LogP) is 2.22. The summed E-state index contributed by atoms with van der Waals surface area (Å²) in [6, 6.07) is 11.1. The molecule has 0 radical (unpaired) electrons. The molecule has 3 nitrogen and oxygen atoms in total. The van der Waals surface area contributed by atoms with E-state index in [1.165, 1.54) is 5.56 Å². The smallest absolute Gasteiger partial charge is 0.239 e. The monoisotopic (exact) mass is 272 g/mol. The van der Waals surface area contributed by atoms with Crippen molar-refractivity contribution < 1.29 is 4.79 Å². The zero-order valence-electron chi connectivity index (χ0n) is 12.2. The second-order valence-corrected chi connectivity index (χ2v) is 6.16. The number of nitrogens with zero attached hydrogens (tertiary/aromatic N) is 1. The molecule has 2 heterocycles. The van der Waals surface area contributed by atoms with Gasteiger partial charge >= 0.3 is 0 Å². The van der Waals surface area contributed by atoms with E-state index in [9.17, 15) is 4.79 Å². The molecule has 2 aliphatic rings. The molecule has 1 aromatic rings. The predicted molar refractivity (Wildman–Crippen MR) is 80.5 cm³/mol. The molecule has 2 fully saturated rings. The molecule has 20 heavy (non-hydrogen) atoms. The minimum Gasteiger partial charge on any atom is -0.338 e. The molecule has 3 rings (SSSR count). The summed E-state index contributed by atoms with van der Waals surface area (Å²) in [5.74, 6) is 0.924. The number of amides is 1. The topological polar surface area (TPSA) is 32.3 Å². The number of likely N-dealkylation sites (tertiary alicyclic amines) is 1. The molecule has 3 heteroatoms. The molecule has 2 aliphatic heterocycles. The standard InChI is InChI=1S/C17H24N2O/c1-13-15(12-14-6-3-2-4-7-14)9-11-19(13)17(20)16-8-5-10-18-16/h2-4,6-7,13,15-16,18H,5,8-12H2,1H3/t13-,15+,16-/m0/s1. The van der Waals surface area contributed by atoms with Crippen LogP contribution >= 0.6 is 0 Å². The largest absolute Gasteiger partial charge is 0.338 e. The highest BCUT2D eigenvalue weighted by atomic mass is 16.2. The van der Waals surface area contributed by atoms with Gasteiger partial charge in [0.15, 0.2) is 0 Å². The first-order valence-electron chi connectivity index (χ1n) is 7.83. The summed E-state index contributed by atoms with van der Waals surface area (Å²) in [7, 11) is 0. The van der Waals surface area contributed by atoms with Crippen LogP contribution in [-0.2, 0) is 11.2 Å². The van der Waals surface area contributed by atoms with E-state index in [-0.39, 0.29) is 6.04 Å². The van der Waals surface area contributed by atoms with Crippen molar-refractivity contribution in [2.24, 2.45) is 5.92 Å². The summed E-state index contributed by atoms with van der Waals surface area (Å²) in [6.45, 7) is 4.13. The molecule has 1 N–H and O–H groups in total. The Balaban J connectivity index is 1.61. The minimum atomic E-state index is 0.0768. The Hall–Kier alpha value is -1.35. The molecule has 108 valence electrons. The van der Waals surface area contributed by atoms with Crippen molar-refractivity contribution in [2.45, 2.75) is 44.7 Å². The first kappa shape index (κ1) is 13.6. The van der Waals surface area contributed by atoms with Crippen LogP contribution in [-0.4, -0.2) is 36.0 Å². The Labute approximate surface area is 121 Å². The number of hydrogen-bond donors (Lipinski definition) is 1. The van der Waals surface area contributed by atoms with E-state index in [1.54, 1.807) is 0 Å². The van der Waals surface area contributed by atoms with Crippen LogP contribution in [0.25, 0.3) is 0 Å². The average molecular weight is 272 g/mol. The van der Waals surface area contributed by atoms with Gasteiger partial charge in [-0.2, -0.15) is 0 Å². The van der Waals surface area contributed by atoms with Gasteiger partial charge in [0, 0.05) is 12.6 Å². The number of carbonyl (C=O) groups is 1. The van der Waals surface area contributed by atoms with Gasteiger partial charge in [0.2, 0.25) is 5.91 Å². The zero-order chi connectivity index (χ0) is 13.9. The van der Waals surface area contributed by atoms with E-state index < -0.39 is 0 Å². The maximum Gasteiger partial charge on any atom is 0.239 e. The van der Waals surface area contributed by atoms with Crippen molar-refractivity contribution in [3.05, 3.63) is 35.9 Å². The van der Waals surface area contributed by atoms with E-state index in [2.05, 4.69) is 47.5 Å². The summed E-state index contributed by atoms with van der Waals surface area (Å²) in [6.07, 6.45) is 4.36. The Bertz CT molecular complexity index is 453. The third-order valence-corrected chi connectivity index (χ3v) is 4.90. The minimum absolute atomic E-state index is 0.0768. The van der Waals surface area contributed by atoms with Crippen molar-refractivity contribution in [1.29, 1.82) is 0 Å². The van der Waals surface area contributed by atoms with Gasteiger partial charge in [-0.05, 0) is 50.6 Å². The third-order valence-electron chi connectivity index (χ3n) is 4.90. The van der Waals surface area contributed by atoms with E-state index in [0.29, 0.717) is 17.9 Å².